The second-order valence-corrected chi connectivity index (χ2v) is 29.7. The van der Waals surface area contributed by atoms with Crippen molar-refractivity contribution in [1.29, 1.82) is 0 Å². The highest BCUT2D eigenvalue weighted by atomic mass is 32.2. The summed E-state index contributed by atoms with van der Waals surface area (Å²) in [5, 5.41) is 42.2. The number of carbonyl (C=O) groups is 6. The summed E-state index contributed by atoms with van der Waals surface area (Å²) >= 11 is 1.66. The molecule has 6 N–H and O–H groups in total. The van der Waals surface area contributed by atoms with Crippen LogP contribution in [0.4, 0.5) is 0 Å². The van der Waals surface area contributed by atoms with Crippen molar-refractivity contribution >= 4 is 57.9 Å². The number of hydrogen-bond acceptors (Lipinski definition) is 17. The van der Waals surface area contributed by atoms with Crippen molar-refractivity contribution in [2.24, 2.45) is 35.5 Å². The molecule has 3 saturated heterocycles. The van der Waals surface area contributed by atoms with Crippen molar-refractivity contribution in [3.63, 3.8) is 0 Å². The van der Waals surface area contributed by atoms with Gasteiger partial charge in [0.05, 0.1) is 36.1 Å². The number of allylic oxidation sites excluding steroid dienone is 3. The summed E-state index contributed by atoms with van der Waals surface area (Å²) in [6.45, 7) is 20.4. The number of likely N-dealkylation sites (tertiary alicyclic amines) is 1. The lowest BCUT2D eigenvalue weighted by atomic mass is 9.81. The summed E-state index contributed by atoms with van der Waals surface area (Å²) in [7, 11) is 4.62. The number of hydrogen-bond donors (Lipinski definition) is 6. The number of aliphatic hydroxyl groups is 3. The third-order valence-electron chi connectivity index (χ3n) is 21.5. The molecule has 15 atom stereocenters. The molecule has 1 aliphatic carbocycles. The van der Waals surface area contributed by atoms with Crippen LogP contribution < -0.4 is 16.2 Å². The van der Waals surface area contributed by atoms with Crippen molar-refractivity contribution in [1.82, 2.24) is 30.0 Å². The van der Waals surface area contributed by atoms with Gasteiger partial charge in [-0.1, -0.05) is 56.7 Å². The molecule has 1 saturated carbocycles. The molecule has 4 aliphatic heterocycles. The Bertz CT molecular complexity index is 3300. The first-order chi connectivity index (χ1) is 45.8. The van der Waals surface area contributed by atoms with E-state index in [-0.39, 0.29) is 73.4 Å². The maximum absolute atomic E-state index is 14.7. The number of nitrogens with zero attached hydrogens (tertiary/aromatic N) is 3. The molecule has 4 fully saturated rings. The molecule has 5 aliphatic rings. The van der Waals surface area contributed by atoms with E-state index in [0.717, 1.165) is 65.9 Å². The lowest BCUT2D eigenvalue weighted by Gasteiger charge is -2.47. The Morgan fingerprint density at radius 1 is 0.854 bits per heavy atom. The zero-order chi connectivity index (χ0) is 69.7. The van der Waals surface area contributed by atoms with Crippen LogP contribution in [0.5, 0.6) is 0 Å². The number of ketones is 2. The number of piperidine rings is 2. The molecule has 0 unspecified atom stereocenters. The number of pyridine rings is 1. The number of ether oxygens (including phenoxy) is 5. The Labute approximate surface area is 571 Å². The van der Waals surface area contributed by atoms with Crippen LogP contribution in [0.15, 0.2) is 58.4 Å². The highest BCUT2D eigenvalue weighted by Gasteiger charge is 2.57. The Morgan fingerprint density at radius 2 is 1.56 bits per heavy atom. The van der Waals surface area contributed by atoms with E-state index < -0.39 is 90.0 Å². The number of para-hydroxylation sites is 1. The van der Waals surface area contributed by atoms with E-state index in [2.05, 4.69) is 45.0 Å². The molecule has 3 amide bonds. The number of fused-ring (bicyclic) bond motifs is 4. The minimum absolute atomic E-state index is 0.0178. The molecule has 2 aromatic heterocycles. The zero-order valence-electron chi connectivity index (χ0n) is 59.0. The number of aliphatic hydroxyl groups excluding tert-OH is 2. The van der Waals surface area contributed by atoms with Gasteiger partial charge in [0.2, 0.25) is 11.7 Å². The predicted octanol–water partition coefficient (Wildman–Crippen LogP) is 8.55. The van der Waals surface area contributed by atoms with E-state index in [9.17, 15) is 48.9 Å². The molecule has 0 spiro atoms. The largest absolute Gasteiger partial charge is 0.456 e. The fourth-order valence-electron chi connectivity index (χ4n) is 15.8. The fraction of sp³-hybridized carbons (Fsp3) is 0.689. The topological polar surface area (TPSA) is 278 Å². The number of aromatic nitrogens is 2. The molecule has 3 aromatic rings. The van der Waals surface area contributed by atoms with Gasteiger partial charge in [-0.2, -0.15) is 11.8 Å². The Morgan fingerprint density at radius 3 is 2.27 bits per heavy atom. The van der Waals surface area contributed by atoms with Crippen LogP contribution in [-0.2, 0) is 54.2 Å². The highest BCUT2D eigenvalue weighted by molar-refractivity contribution is 7.99. The monoisotopic (exact) mass is 1350 g/mol. The lowest BCUT2D eigenvalue weighted by molar-refractivity contribution is -0.302. The summed E-state index contributed by atoms with van der Waals surface area (Å²) in [6.07, 6.45) is 5.72. The van der Waals surface area contributed by atoms with Crippen molar-refractivity contribution in [2.45, 2.75) is 226 Å². The van der Waals surface area contributed by atoms with Gasteiger partial charge in [0.15, 0.2) is 0 Å². The van der Waals surface area contributed by atoms with E-state index in [0.29, 0.717) is 105 Å². The Hall–Kier alpha value is -5.56. The van der Waals surface area contributed by atoms with E-state index in [1.165, 1.54) is 19.1 Å². The van der Waals surface area contributed by atoms with Gasteiger partial charge in [0.1, 0.15) is 24.0 Å². The molecule has 6 heterocycles. The minimum atomic E-state index is -2.56. The molecule has 2 bridgehead atoms. The zero-order valence-corrected chi connectivity index (χ0v) is 59.8. The van der Waals surface area contributed by atoms with Gasteiger partial charge in [0.25, 0.3) is 23.2 Å². The average Bonchev–Trinajstić information content (AvgIpc) is 1.39. The van der Waals surface area contributed by atoms with Gasteiger partial charge in [-0.05, 0) is 185 Å². The van der Waals surface area contributed by atoms with E-state index in [1.807, 2.05) is 71.0 Å². The molecular formula is C74H110N6O15S. The summed E-state index contributed by atoms with van der Waals surface area (Å²) in [4.78, 5) is 105. The van der Waals surface area contributed by atoms with Crippen molar-refractivity contribution in [3.05, 3.63) is 92.1 Å². The number of carbonyl (C=O) groups excluding carboxylic acids is 6. The van der Waals surface area contributed by atoms with Gasteiger partial charge in [-0.25, -0.2) is 4.79 Å². The van der Waals surface area contributed by atoms with E-state index in [1.54, 1.807) is 32.7 Å². The van der Waals surface area contributed by atoms with E-state index >= 15 is 0 Å². The van der Waals surface area contributed by atoms with Crippen molar-refractivity contribution in [3.8, 4) is 0 Å². The lowest BCUT2D eigenvalue weighted by Crippen LogP contribution is -2.64. The number of amides is 3. The summed E-state index contributed by atoms with van der Waals surface area (Å²) in [5.41, 5.74) is 6.07. The molecule has 8 rings (SSSR count). The first kappa shape index (κ1) is 76.2. The third kappa shape index (κ3) is 18.6. The van der Waals surface area contributed by atoms with Crippen LogP contribution in [0.1, 0.15) is 177 Å². The molecular weight excluding hydrogens is 1240 g/mol. The number of aryl methyl sites for hydroxylation is 2. The molecule has 532 valence electrons. The highest BCUT2D eigenvalue weighted by Crippen LogP contribution is 2.41. The smallest absolute Gasteiger partial charge is 0.329 e. The molecule has 22 heteroatoms. The summed E-state index contributed by atoms with van der Waals surface area (Å²) in [5.74, 6) is -6.64. The second kappa shape index (κ2) is 35.0. The van der Waals surface area contributed by atoms with Crippen molar-refractivity contribution < 1.29 is 67.8 Å². The van der Waals surface area contributed by atoms with Gasteiger partial charge in [-0.3, -0.25) is 28.8 Å². The SMILES string of the molecule is CO[C@H]1C[C@@H](C)C/C(C)=C/[C@@H](CCCSCCC(=O)NCCN2CCC([C@@H](C)n3c(C)c(C(=O)NCc4c(C)cc(C)[nH]c4=O)c4ccccc43)CC2)C(=O)C[C@H](O)[C@@H](C)[C@@H](/C(C)=C/[C@@H]2CC[C@@H](O)[C@H](OC)C2)OC(=O)[C@@H]2CCCCN2C(=O)C(=O)[C@]2(O)O[C@H]1[C@@H](OC)C[C@H]2C. The number of thioether (sulfide) groups is 1. The maximum atomic E-state index is 14.7. The fourth-order valence-corrected chi connectivity index (χ4v) is 16.7. The second-order valence-electron chi connectivity index (χ2n) is 28.5. The van der Waals surface area contributed by atoms with Gasteiger partial charge >= 0.3 is 5.97 Å². The number of benzene rings is 1. The van der Waals surface area contributed by atoms with Crippen LogP contribution in [0.3, 0.4) is 0 Å². The van der Waals surface area contributed by atoms with Crippen LogP contribution >= 0.6 is 11.8 Å². The first-order valence-corrected chi connectivity index (χ1v) is 36.4. The number of Topliss-reactive ketones (excluding diaryl/α,β-unsaturated/α-hetero) is 2. The summed E-state index contributed by atoms with van der Waals surface area (Å²) < 4.78 is 32.6. The number of methoxy groups -OCH3 is 3. The van der Waals surface area contributed by atoms with Gasteiger partial charge in [-0.15, -0.1) is 0 Å². The average molecular weight is 1360 g/mol. The van der Waals surface area contributed by atoms with Crippen molar-refractivity contribution in [2.75, 3.05) is 65.6 Å². The third-order valence-corrected chi connectivity index (χ3v) is 22.6. The Kier molecular flexibility index (Phi) is 27.8. The normalized spacial score (nSPS) is 30.8. The van der Waals surface area contributed by atoms with Gasteiger partial charge < -0.3 is 69.0 Å². The van der Waals surface area contributed by atoms with Gasteiger partial charge in [0, 0.05) is 118 Å². The van der Waals surface area contributed by atoms with E-state index in [4.69, 9.17) is 23.7 Å². The quantitative estimate of drug-likeness (QED) is 0.0267. The standard InChI is InChI=1S/C74H110N6O15S/c1-43-34-44(2)36-63(92-11)68-64(93-12)39-47(5)74(90,95-68)69(85)72(88)79-28-16-15-21-58(79)73(89)94-67(46(4)38-52-22-23-59(81)62(40-52)91-10)49(7)60(82)41-61(83)54(35-43)18-17-32-96-33-26-65(84)75-27-31-78-29-24-53(25-30-78)50(8)80-51(9)66(55-19-13-14-20-57(55)80)71(87)76-42-56-45(3)37-48(6)77-70(56)86/h13-14,19-20,35,37-38,44,47,49-50,52-54,58-60,62-64,67-68,81-82,90H,15-18,21-34,36,39-42H2,1-12H3,(H,75,84)(H,76,87)(H,77,86)/b43-35+,46-38+/t44-,47+,49+,50+,52-,54+,58-,59+,60-,62+,63-,64-,67+,68+,74+/m0/s1. The van der Waals surface area contributed by atoms with Crippen LogP contribution in [0.25, 0.3) is 10.9 Å². The number of H-pyrrole nitrogens is 1. The predicted molar refractivity (Wildman–Crippen MR) is 370 cm³/mol. The molecule has 0 radical (unpaired) electrons. The maximum Gasteiger partial charge on any atom is 0.329 e. The molecule has 96 heavy (non-hydrogen) atoms. The minimum Gasteiger partial charge on any atom is -0.456 e. The van der Waals surface area contributed by atoms with Crippen LogP contribution in [0.2, 0.25) is 0 Å². The van der Waals surface area contributed by atoms with Crippen LogP contribution in [0, 0.1) is 56.3 Å². The first-order valence-electron chi connectivity index (χ1n) is 35.2. The molecule has 21 nitrogen and oxygen atoms in total. The molecule has 1 aromatic carbocycles. The van der Waals surface area contributed by atoms with Crippen LogP contribution in [-0.4, -0.2) is 190 Å². The summed E-state index contributed by atoms with van der Waals surface area (Å²) in [6, 6.07) is 8.87. The number of aromatic amines is 1. The number of nitrogens with one attached hydrogen (secondary N) is 3. The number of rotatable bonds is 20. The Balaban J connectivity index is 0.880. The number of cyclic esters (lactones) is 1. The number of esters is 1.